The number of halogens is 2. The fraction of sp³-hybridized carbons (Fsp3) is 0.0714. The number of benzene rings is 2. The molecular formula is C14H10Br2O4. The Morgan fingerprint density at radius 1 is 0.900 bits per heavy atom. The molecule has 0 saturated heterocycles. The topological polar surface area (TPSA) is 66.8 Å². The minimum atomic E-state index is -1.96. The van der Waals surface area contributed by atoms with Gasteiger partial charge in [-0.25, -0.2) is 14.9 Å². The van der Waals surface area contributed by atoms with E-state index >= 15 is 0 Å². The highest BCUT2D eigenvalue weighted by molar-refractivity contribution is 9.10. The Bertz CT molecular complexity index is 563. The van der Waals surface area contributed by atoms with Crippen molar-refractivity contribution in [2.75, 3.05) is 0 Å². The second-order valence-electron chi connectivity index (χ2n) is 4.09. The van der Waals surface area contributed by atoms with Crippen molar-refractivity contribution in [3.8, 4) is 0 Å². The van der Waals surface area contributed by atoms with E-state index in [9.17, 15) is 15.2 Å². The standard InChI is InChI=1S/C14H10Br2O4/c15-11-5-1-9(2-6-11)14(20-19,13(17)18)10-3-7-12(16)8-4-10/h1-8,19H,(H,17,18). The molecule has 0 aliphatic carbocycles. The molecule has 0 aromatic heterocycles. The number of rotatable bonds is 4. The van der Waals surface area contributed by atoms with Crippen LogP contribution in [0.4, 0.5) is 0 Å². The summed E-state index contributed by atoms with van der Waals surface area (Å²) in [6.45, 7) is 0. The van der Waals surface area contributed by atoms with Gasteiger partial charge >= 0.3 is 5.97 Å². The molecule has 0 unspecified atom stereocenters. The second kappa shape index (κ2) is 6.05. The number of aliphatic carboxylic acids is 1. The molecule has 0 bridgehead atoms. The first-order chi connectivity index (χ1) is 9.50. The summed E-state index contributed by atoms with van der Waals surface area (Å²) < 4.78 is 1.60. The highest BCUT2D eigenvalue weighted by Crippen LogP contribution is 2.34. The maximum atomic E-state index is 11.7. The lowest BCUT2D eigenvalue weighted by atomic mass is 9.86. The molecule has 104 valence electrons. The van der Waals surface area contributed by atoms with Crippen LogP contribution < -0.4 is 0 Å². The normalized spacial score (nSPS) is 11.3. The SMILES string of the molecule is O=C(O)C(OO)(c1ccc(Br)cc1)c1ccc(Br)cc1. The molecule has 0 aliphatic heterocycles. The third kappa shape index (κ3) is 2.64. The van der Waals surface area contributed by atoms with Gasteiger partial charge in [0.2, 0.25) is 5.60 Å². The summed E-state index contributed by atoms with van der Waals surface area (Å²) >= 11 is 6.56. The van der Waals surface area contributed by atoms with Gasteiger partial charge in [0.05, 0.1) is 0 Å². The molecule has 0 amide bonds. The summed E-state index contributed by atoms with van der Waals surface area (Å²) in [5.41, 5.74) is -1.32. The van der Waals surface area contributed by atoms with Crippen molar-refractivity contribution in [1.82, 2.24) is 0 Å². The first-order valence-electron chi connectivity index (χ1n) is 5.59. The number of carbonyl (C=O) groups is 1. The van der Waals surface area contributed by atoms with E-state index in [0.717, 1.165) is 8.95 Å². The van der Waals surface area contributed by atoms with Crippen LogP contribution in [-0.4, -0.2) is 16.3 Å². The van der Waals surface area contributed by atoms with Crippen molar-refractivity contribution in [1.29, 1.82) is 0 Å². The van der Waals surface area contributed by atoms with Crippen LogP contribution in [-0.2, 0) is 15.3 Å². The Hall–Kier alpha value is -1.21. The average Bonchev–Trinajstić information content (AvgIpc) is 2.43. The van der Waals surface area contributed by atoms with Gasteiger partial charge in [-0.15, -0.1) is 0 Å². The Morgan fingerprint density at radius 2 is 1.25 bits per heavy atom. The van der Waals surface area contributed by atoms with E-state index in [1.807, 2.05) is 0 Å². The zero-order valence-corrected chi connectivity index (χ0v) is 13.3. The van der Waals surface area contributed by atoms with Gasteiger partial charge in [-0.2, -0.15) is 0 Å². The van der Waals surface area contributed by atoms with Crippen LogP contribution in [0.5, 0.6) is 0 Å². The van der Waals surface area contributed by atoms with Gasteiger partial charge in [-0.3, -0.25) is 0 Å². The maximum absolute atomic E-state index is 11.7. The van der Waals surface area contributed by atoms with Crippen molar-refractivity contribution >= 4 is 37.8 Å². The summed E-state index contributed by atoms with van der Waals surface area (Å²) in [6, 6.07) is 13.1. The molecule has 2 N–H and O–H groups in total. The van der Waals surface area contributed by atoms with Crippen LogP contribution >= 0.6 is 31.9 Å². The lowest BCUT2D eigenvalue weighted by Gasteiger charge is -2.26. The van der Waals surface area contributed by atoms with Gasteiger partial charge < -0.3 is 5.11 Å². The van der Waals surface area contributed by atoms with E-state index in [-0.39, 0.29) is 0 Å². The summed E-state index contributed by atoms with van der Waals surface area (Å²) in [7, 11) is 0. The molecule has 4 nitrogen and oxygen atoms in total. The lowest BCUT2D eigenvalue weighted by molar-refractivity contribution is -0.309. The smallest absolute Gasteiger partial charge is 0.348 e. The monoisotopic (exact) mass is 400 g/mol. The van der Waals surface area contributed by atoms with E-state index in [2.05, 4.69) is 36.7 Å². The molecule has 2 aromatic carbocycles. The predicted octanol–water partition coefficient (Wildman–Crippen LogP) is 4.03. The zero-order valence-electron chi connectivity index (χ0n) is 10.1. The minimum absolute atomic E-state index is 0.318. The van der Waals surface area contributed by atoms with Crippen LogP contribution in [0.2, 0.25) is 0 Å². The number of carboxylic acids is 1. The molecule has 0 atom stereocenters. The molecular weight excluding hydrogens is 392 g/mol. The largest absolute Gasteiger partial charge is 0.478 e. The van der Waals surface area contributed by atoms with E-state index in [4.69, 9.17) is 0 Å². The summed E-state index contributed by atoms with van der Waals surface area (Å²) in [6.07, 6.45) is 0. The highest BCUT2D eigenvalue weighted by Gasteiger charge is 2.44. The first-order valence-corrected chi connectivity index (χ1v) is 7.17. The molecule has 0 saturated carbocycles. The zero-order chi connectivity index (χ0) is 14.8. The van der Waals surface area contributed by atoms with Crippen LogP contribution in [0.15, 0.2) is 57.5 Å². The maximum Gasteiger partial charge on any atom is 0.348 e. The van der Waals surface area contributed by atoms with Crippen molar-refractivity contribution < 1.29 is 20.0 Å². The third-order valence-corrected chi connectivity index (χ3v) is 4.00. The summed E-state index contributed by atoms with van der Waals surface area (Å²) in [4.78, 5) is 16.1. The van der Waals surface area contributed by atoms with E-state index in [1.54, 1.807) is 48.5 Å². The van der Waals surface area contributed by atoms with Gasteiger partial charge in [0, 0.05) is 20.1 Å². The van der Waals surface area contributed by atoms with Crippen LogP contribution in [0.25, 0.3) is 0 Å². The van der Waals surface area contributed by atoms with Gasteiger partial charge in [-0.05, 0) is 24.3 Å². The van der Waals surface area contributed by atoms with Crippen LogP contribution in [0.3, 0.4) is 0 Å². The Balaban J connectivity index is 2.64. The summed E-state index contributed by atoms with van der Waals surface area (Å²) in [5.74, 6) is -1.30. The molecule has 0 spiro atoms. The highest BCUT2D eigenvalue weighted by atomic mass is 79.9. The quantitative estimate of drug-likeness (QED) is 0.599. The first kappa shape index (κ1) is 15.2. The average molecular weight is 402 g/mol. The fourth-order valence-corrected chi connectivity index (χ4v) is 2.46. The van der Waals surface area contributed by atoms with Gasteiger partial charge in [0.1, 0.15) is 0 Å². The molecule has 0 aliphatic rings. The molecule has 6 heteroatoms. The Kier molecular flexibility index (Phi) is 4.59. The minimum Gasteiger partial charge on any atom is -0.478 e. The number of hydrogen-bond acceptors (Lipinski definition) is 3. The Morgan fingerprint density at radius 3 is 1.50 bits per heavy atom. The molecule has 0 radical (unpaired) electrons. The molecule has 2 rings (SSSR count). The van der Waals surface area contributed by atoms with Crippen LogP contribution in [0, 0.1) is 0 Å². The van der Waals surface area contributed by atoms with E-state index < -0.39 is 11.6 Å². The molecule has 0 fully saturated rings. The van der Waals surface area contributed by atoms with Gasteiger partial charge in [0.15, 0.2) is 0 Å². The number of hydrogen-bond donors (Lipinski definition) is 2. The molecule has 2 aromatic rings. The van der Waals surface area contributed by atoms with Crippen molar-refractivity contribution in [2.24, 2.45) is 0 Å². The second-order valence-corrected chi connectivity index (χ2v) is 5.92. The third-order valence-electron chi connectivity index (χ3n) is 2.94. The predicted molar refractivity (Wildman–Crippen MR) is 80.4 cm³/mol. The Labute approximate surface area is 132 Å². The lowest BCUT2D eigenvalue weighted by Crippen LogP contribution is -2.39. The van der Waals surface area contributed by atoms with Crippen molar-refractivity contribution in [2.45, 2.75) is 5.60 Å². The van der Waals surface area contributed by atoms with E-state index in [1.165, 1.54) is 0 Å². The van der Waals surface area contributed by atoms with Gasteiger partial charge in [0.25, 0.3) is 0 Å². The van der Waals surface area contributed by atoms with Crippen molar-refractivity contribution in [3.05, 3.63) is 68.6 Å². The number of carboxylic acid groups (broad SMARTS) is 1. The van der Waals surface area contributed by atoms with Crippen LogP contribution in [0.1, 0.15) is 11.1 Å². The van der Waals surface area contributed by atoms with Crippen molar-refractivity contribution in [3.63, 3.8) is 0 Å². The van der Waals surface area contributed by atoms with E-state index in [0.29, 0.717) is 11.1 Å². The summed E-state index contributed by atoms with van der Waals surface area (Å²) in [5, 5.41) is 18.8. The fourth-order valence-electron chi connectivity index (χ4n) is 1.93. The van der Waals surface area contributed by atoms with Gasteiger partial charge in [-0.1, -0.05) is 56.1 Å². The molecule has 0 heterocycles. The molecule has 20 heavy (non-hydrogen) atoms.